The summed E-state index contributed by atoms with van der Waals surface area (Å²) >= 11 is 1.24. The van der Waals surface area contributed by atoms with Crippen LogP contribution in [0.3, 0.4) is 0 Å². The van der Waals surface area contributed by atoms with Crippen LogP contribution in [0.15, 0.2) is 11.4 Å². The molecule has 1 saturated heterocycles. The van der Waals surface area contributed by atoms with E-state index in [-0.39, 0.29) is 18.2 Å². The zero-order chi connectivity index (χ0) is 13.1. The molecule has 1 fully saturated rings. The fourth-order valence-electron chi connectivity index (χ4n) is 1.68. The predicted molar refractivity (Wildman–Crippen MR) is 64.5 cm³/mol. The zero-order valence-corrected chi connectivity index (χ0v) is 10.5. The van der Waals surface area contributed by atoms with Crippen LogP contribution in [0.5, 0.6) is 5.75 Å². The van der Waals surface area contributed by atoms with Gasteiger partial charge in [0, 0.05) is 6.42 Å². The van der Waals surface area contributed by atoms with Crippen LogP contribution in [0.25, 0.3) is 0 Å². The summed E-state index contributed by atoms with van der Waals surface area (Å²) in [5, 5.41) is 6.52. The van der Waals surface area contributed by atoms with Gasteiger partial charge in [0.15, 0.2) is 0 Å². The van der Waals surface area contributed by atoms with Gasteiger partial charge in [0.05, 0.1) is 7.11 Å². The van der Waals surface area contributed by atoms with Crippen LogP contribution < -0.4 is 15.4 Å². The minimum absolute atomic E-state index is 0.234. The Morgan fingerprint density at radius 1 is 1.56 bits per heavy atom. The normalized spacial score (nSPS) is 19.3. The number of hydrogen-bond donors (Lipinski definition) is 2. The lowest BCUT2D eigenvalue weighted by atomic mass is 10.1. The molecule has 2 N–H and O–H groups in total. The Morgan fingerprint density at radius 2 is 2.33 bits per heavy atom. The summed E-state index contributed by atoms with van der Waals surface area (Å²) in [7, 11) is 1.48. The van der Waals surface area contributed by atoms with Crippen LogP contribution in [0, 0.1) is 0 Å². The second-order valence-electron chi connectivity index (χ2n) is 3.80. The molecule has 0 aliphatic carbocycles. The fraction of sp³-hybridized carbons (Fsp3) is 0.364. The Morgan fingerprint density at radius 3 is 3.00 bits per heavy atom. The van der Waals surface area contributed by atoms with Gasteiger partial charge in [-0.05, 0) is 17.9 Å². The number of methoxy groups -OCH3 is 1. The SMILES string of the molecule is COc1ccsc1C(=O)NC1CCC(=O)NC1=O. The smallest absolute Gasteiger partial charge is 0.265 e. The van der Waals surface area contributed by atoms with Crippen molar-refractivity contribution in [3.63, 3.8) is 0 Å². The molecule has 1 atom stereocenters. The van der Waals surface area contributed by atoms with Crippen LogP contribution >= 0.6 is 11.3 Å². The lowest BCUT2D eigenvalue weighted by molar-refractivity contribution is -0.134. The Balaban J connectivity index is 2.03. The number of amides is 3. The number of carbonyl (C=O) groups excluding carboxylic acids is 3. The van der Waals surface area contributed by atoms with Crippen LogP contribution in [-0.2, 0) is 9.59 Å². The van der Waals surface area contributed by atoms with Gasteiger partial charge in [0.1, 0.15) is 16.7 Å². The molecule has 2 rings (SSSR count). The minimum Gasteiger partial charge on any atom is -0.495 e. The molecule has 0 bridgehead atoms. The predicted octanol–water partition coefficient (Wildman–Crippen LogP) is 0.292. The quantitative estimate of drug-likeness (QED) is 0.772. The van der Waals surface area contributed by atoms with E-state index in [4.69, 9.17) is 4.74 Å². The van der Waals surface area contributed by atoms with Gasteiger partial charge in [-0.25, -0.2) is 0 Å². The first-order chi connectivity index (χ1) is 8.61. The molecular formula is C11H12N2O4S. The van der Waals surface area contributed by atoms with Crippen LogP contribution in [-0.4, -0.2) is 30.9 Å². The van der Waals surface area contributed by atoms with E-state index in [1.807, 2.05) is 0 Å². The number of imide groups is 1. The highest BCUT2D eigenvalue weighted by molar-refractivity contribution is 7.12. The summed E-state index contributed by atoms with van der Waals surface area (Å²) in [4.78, 5) is 34.8. The number of piperidine rings is 1. The van der Waals surface area contributed by atoms with Crippen molar-refractivity contribution in [3.8, 4) is 5.75 Å². The monoisotopic (exact) mass is 268 g/mol. The molecule has 3 amide bonds. The average molecular weight is 268 g/mol. The molecule has 1 aliphatic rings. The lowest BCUT2D eigenvalue weighted by Crippen LogP contribution is -2.52. The third-order valence-corrected chi connectivity index (χ3v) is 3.49. The van der Waals surface area contributed by atoms with Gasteiger partial charge in [-0.3, -0.25) is 19.7 Å². The van der Waals surface area contributed by atoms with Crippen molar-refractivity contribution in [2.45, 2.75) is 18.9 Å². The van der Waals surface area contributed by atoms with Crippen LogP contribution in [0.1, 0.15) is 22.5 Å². The third-order valence-electron chi connectivity index (χ3n) is 2.60. The molecule has 1 unspecified atom stereocenters. The van der Waals surface area contributed by atoms with E-state index in [0.717, 1.165) is 0 Å². The molecule has 1 aliphatic heterocycles. The highest BCUT2D eigenvalue weighted by Crippen LogP contribution is 2.24. The van der Waals surface area contributed by atoms with E-state index in [9.17, 15) is 14.4 Å². The maximum atomic E-state index is 11.9. The van der Waals surface area contributed by atoms with E-state index in [2.05, 4.69) is 10.6 Å². The maximum Gasteiger partial charge on any atom is 0.265 e. The molecule has 0 radical (unpaired) electrons. The van der Waals surface area contributed by atoms with E-state index >= 15 is 0 Å². The summed E-state index contributed by atoms with van der Waals surface area (Å²) in [6.45, 7) is 0. The van der Waals surface area contributed by atoms with Crippen molar-refractivity contribution >= 4 is 29.1 Å². The van der Waals surface area contributed by atoms with Gasteiger partial charge < -0.3 is 10.1 Å². The van der Waals surface area contributed by atoms with Crippen LogP contribution in [0.2, 0.25) is 0 Å². The van der Waals surface area contributed by atoms with Crippen molar-refractivity contribution in [3.05, 3.63) is 16.3 Å². The van der Waals surface area contributed by atoms with Gasteiger partial charge in [0.25, 0.3) is 5.91 Å². The largest absolute Gasteiger partial charge is 0.495 e. The van der Waals surface area contributed by atoms with Gasteiger partial charge in [-0.15, -0.1) is 11.3 Å². The standard InChI is InChI=1S/C11H12N2O4S/c1-17-7-4-5-18-9(7)11(16)12-6-2-3-8(14)13-10(6)15/h4-6H,2-3H2,1H3,(H,12,16)(H,13,14,15). The maximum absolute atomic E-state index is 11.9. The highest BCUT2D eigenvalue weighted by atomic mass is 32.1. The minimum atomic E-state index is -0.665. The van der Waals surface area contributed by atoms with Gasteiger partial charge in [-0.1, -0.05) is 0 Å². The molecular weight excluding hydrogens is 256 g/mol. The summed E-state index contributed by atoms with van der Waals surface area (Å²) in [5.41, 5.74) is 0. The number of carbonyl (C=O) groups is 3. The Kier molecular flexibility index (Phi) is 3.61. The molecule has 1 aromatic rings. The van der Waals surface area contributed by atoms with Gasteiger partial charge in [-0.2, -0.15) is 0 Å². The average Bonchev–Trinajstić information content (AvgIpc) is 2.81. The van der Waals surface area contributed by atoms with Gasteiger partial charge in [0.2, 0.25) is 11.8 Å². The van der Waals surface area contributed by atoms with E-state index in [1.54, 1.807) is 11.4 Å². The molecule has 96 valence electrons. The van der Waals surface area contributed by atoms with Crippen LogP contribution in [0.4, 0.5) is 0 Å². The number of hydrogen-bond acceptors (Lipinski definition) is 5. The van der Waals surface area contributed by atoms with Crippen molar-refractivity contribution in [1.82, 2.24) is 10.6 Å². The second kappa shape index (κ2) is 5.18. The second-order valence-corrected chi connectivity index (χ2v) is 4.71. The number of thiophene rings is 1. The molecule has 0 saturated carbocycles. The summed E-state index contributed by atoms with van der Waals surface area (Å²) in [6, 6.07) is 1.02. The molecule has 2 heterocycles. The van der Waals surface area contributed by atoms with E-state index in [0.29, 0.717) is 17.0 Å². The first kappa shape index (κ1) is 12.6. The van der Waals surface area contributed by atoms with Crippen molar-refractivity contribution in [2.24, 2.45) is 0 Å². The van der Waals surface area contributed by atoms with E-state index < -0.39 is 11.9 Å². The molecule has 7 heteroatoms. The first-order valence-electron chi connectivity index (χ1n) is 5.38. The number of nitrogens with one attached hydrogen (secondary N) is 2. The van der Waals surface area contributed by atoms with Crippen molar-refractivity contribution in [1.29, 1.82) is 0 Å². The topological polar surface area (TPSA) is 84.5 Å². The van der Waals surface area contributed by atoms with Crippen molar-refractivity contribution in [2.75, 3.05) is 7.11 Å². The molecule has 18 heavy (non-hydrogen) atoms. The summed E-state index contributed by atoms with van der Waals surface area (Å²) in [5.74, 6) is -0.657. The Hall–Kier alpha value is -1.89. The summed E-state index contributed by atoms with van der Waals surface area (Å²) in [6.07, 6.45) is 0.558. The molecule has 0 spiro atoms. The molecule has 1 aromatic heterocycles. The number of ether oxygens (including phenoxy) is 1. The highest BCUT2D eigenvalue weighted by Gasteiger charge is 2.29. The molecule has 0 aromatic carbocycles. The van der Waals surface area contributed by atoms with E-state index in [1.165, 1.54) is 18.4 Å². The zero-order valence-electron chi connectivity index (χ0n) is 9.69. The van der Waals surface area contributed by atoms with Crippen molar-refractivity contribution < 1.29 is 19.1 Å². The number of rotatable bonds is 3. The third kappa shape index (κ3) is 2.51. The molecule has 6 nitrogen and oxygen atoms in total. The lowest BCUT2D eigenvalue weighted by Gasteiger charge is -2.21. The Bertz CT molecular complexity index is 497. The van der Waals surface area contributed by atoms with Gasteiger partial charge >= 0.3 is 0 Å². The Labute approximate surface area is 107 Å². The first-order valence-corrected chi connectivity index (χ1v) is 6.26. The fourth-order valence-corrected chi connectivity index (χ4v) is 2.44. The summed E-state index contributed by atoms with van der Waals surface area (Å²) < 4.78 is 5.03.